The van der Waals surface area contributed by atoms with E-state index in [1.165, 1.54) is 0 Å². The fourth-order valence-electron chi connectivity index (χ4n) is 5.40. The fraction of sp³-hybridized carbons (Fsp3) is 0.323. The van der Waals surface area contributed by atoms with E-state index in [1.807, 2.05) is 60.7 Å². The molecule has 1 heterocycles. The lowest BCUT2D eigenvalue weighted by Crippen LogP contribution is -2.43. The zero-order chi connectivity index (χ0) is 27.7. The second-order valence-corrected chi connectivity index (χ2v) is 10.9. The van der Waals surface area contributed by atoms with Gasteiger partial charge < -0.3 is 19.9 Å². The molecule has 0 saturated heterocycles. The molecule has 1 atom stereocenters. The van der Waals surface area contributed by atoms with Gasteiger partial charge in [-0.3, -0.25) is 4.90 Å². The van der Waals surface area contributed by atoms with E-state index in [4.69, 9.17) is 9.47 Å². The second kappa shape index (κ2) is 10.4. The topological polar surface area (TPSA) is 105 Å². The number of carboxylic acid groups (broad SMARTS) is 1. The van der Waals surface area contributed by atoms with Gasteiger partial charge in [-0.25, -0.2) is 14.4 Å². The van der Waals surface area contributed by atoms with Crippen molar-refractivity contribution < 1.29 is 29.0 Å². The van der Waals surface area contributed by atoms with Crippen molar-refractivity contribution >= 4 is 23.8 Å². The maximum Gasteiger partial charge on any atom is 0.414 e. The van der Waals surface area contributed by atoms with Crippen LogP contribution in [0.25, 0.3) is 11.1 Å². The first-order chi connectivity index (χ1) is 18.6. The van der Waals surface area contributed by atoms with Gasteiger partial charge >= 0.3 is 18.2 Å². The Bertz CT molecular complexity index is 1380. The van der Waals surface area contributed by atoms with Crippen LogP contribution in [0.1, 0.15) is 48.9 Å². The molecule has 2 amide bonds. The van der Waals surface area contributed by atoms with Crippen LogP contribution in [0.3, 0.4) is 0 Å². The number of hydrogen-bond acceptors (Lipinski definition) is 5. The van der Waals surface area contributed by atoms with Gasteiger partial charge in [0.05, 0.1) is 5.69 Å². The van der Waals surface area contributed by atoms with Crippen molar-refractivity contribution in [1.82, 2.24) is 5.32 Å². The molecular formula is C31H32N2O6. The summed E-state index contributed by atoms with van der Waals surface area (Å²) in [6.45, 7) is 5.92. The number of benzene rings is 3. The third-order valence-corrected chi connectivity index (χ3v) is 7.05. The van der Waals surface area contributed by atoms with Gasteiger partial charge in [0.2, 0.25) is 0 Å². The van der Waals surface area contributed by atoms with Gasteiger partial charge in [0.25, 0.3) is 0 Å². The average molecular weight is 529 g/mol. The number of aliphatic carboxylic acids is 1. The number of carboxylic acids is 1. The molecule has 1 aliphatic heterocycles. The molecule has 2 N–H and O–H groups in total. The Morgan fingerprint density at radius 3 is 2.23 bits per heavy atom. The molecule has 3 aromatic carbocycles. The first kappa shape index (κ1) is 26.3. The number of fused-ring (bicyclic) bond motifs is 4. The molecule has 1 aliphatic carbocycles. The summed E-state index contributed by atoms with van der Waals surface area (Å²) < 4.78 is 11.1. The highest BCUT2D eigenvalue weighted by Gasteiger charge is 2.33. The van der Waals surface area contributed by atoms with Crippen LogP contribution in [-0.2, 0) is 27.1 Å². The molecule has 0 saturated carbocycles. The highest BCUT2D eigenvalue weighted by molar-refractivity contribution is 5.92. The highest BCUT2D eigenvalue weighted by Crippen LogP contribution is 2.44. The lowest BCUT2D eigenvalue weighted by Gasteiger charge is -2.26. The Hall–Kier alpha value is -4.33. The Morgan fingerprint density at radius 2 is 1.62 bits per heavy atom. The van der Waals surface area contributed by atoms with Crippen LogP contribution in [0, 0.1) is 0 Å². The van der Waals surface area contributed by atoms with Crippen LogP contribution < -0.4 is 10.2 Å². The molecule has 202 valence electrons. The number of carbonyl (C=O) groups excluding carboxylic acids is 2. The van der Waals surface area contributed by atoms with Crippen molar-refractivity contribution in [3.05, 3.63) is 89.0 Å². The molecule has 8 heteroatoms. The largest absolute Gasteiger partial charge is 0.480 e. The smallest absolute Gasteiger partial charge is 0.414 e. The molecular weight excluding hydrogens is 496 g/mol. The number of hydrogen-bond donors (Lipinski definition) is 2. The first-order valence-corrected chi connectivity index (χ1v) is 13.1. The summed E-state index contributed by atoms with van der Waals surface area (Å²) in [7, 11) is 0. The van der Waals surface area contributed by atoms with E-state index in [0.29, 0.717) is 24.2 Å². The Morgan fingerprint density at radius 1 is 0.974 bits per heavy atom. The van der Waals surface area contributed by atoms with E-state index in [-0.39, 0.29) is 18.9 Å². The minimum Gasteiger partial charge on any atom is -0.480 e. The summed E-state index contributed by atoms with van der Waals surface area (Å²) in [6, 6.07) is 20.3. The van der Waals surface area contributed by atoms with Crippen molar-refractivity contribution in [2.75, 3.05) is 18.1 Å². The van der Waals surface area contributed by atoms with Crippen molar-refractivity contribution in [2.45, 2.75) is 51.2 Å². The van der Waals surface area contributed by atoms with Crippen molar-refractivity contribution in [2.24, 2.45) is 0 Å². The van der Waals surface area contributed by atoms with E-state index in [1.54, 1.807) is 31.7 Å². The predicted octanol–water partition coefficient (Wildman–Crippen LogP) is 5.52. The third-order valence-electron chi connectivity index (χ3n) is 7.05. The first-order valence-electron chi connectivity index (χ1n) is 13.1. The van der Waals surface area contributed by atoms with Crippen molar-refractivity contribution in [3.8, 4) is 11.1 Å². The lowest BCUT2D eigenvalue weighted by atomic mass is 9.98. The molecule has 0 aromatic heterocycles. The summed E-state index contributed by atoms with van der Waals surface area (Å²) in [6.07, 6.45) is -0.659. The predicted molar refractivity (Wildman–Crippen MR) is 147 cm³/mol. The number of nitrogens with zero attached hydrogens (tertiary/aromatic N) is 1. The van der Waals surface area contributed by atoms with Gasteiger partial charge in [-0.1, -0.05) is 66.7 Å². The minimum atomic E-state index is -1.24. The number of anilines is 1. The van der Waals surface area contributed by atoms with E-state index in [0.717, 1.165) is 27.8 Å². The normalized spacial score (nSPS) is 14.7. The Balaban J connectivity index is 1.29. The van der Waals surface area contributed by atoms with Gasteiger partial charge in [-0.15, -0.1) is 0 Å². The molecule has 0 bridgehead atoms. The number of ether oxygens (including phenoxy) is 2. The molecule has 3 aromatic rings. The maximum absolute atomic E-state index is 12.9. The summed E-state index contributed by atoms with van der Waals surface area (Å²) in [5.74, 6) is -1.32. The number of para-hydroxylation sites is 1. The van der Waals surface area contributed by atoms with Gasteiger partial charge in [0.1, 0.15) is 18.2 Å². The maximum atomic E-state index is 12.9. The van der Waals surface area contributed by atoms with E-state index >= 15 is 0 Å². The molecule has 0 radical (unpaired) electrons. The number of amides is 2. The monoisotopic (exact) mass is 528 g/mol. The quantitative estimate of drug-likeness (QED) is 0.437. The molecule has 5 rings (SSSR count). The molecule has 0 fully saturated rings. The van der Waals surface area contributed by atoms with Crippen LogP contribution in [0.15, 0.2) is 66.7 Å². The Labute approximate surface area is 227 Å². The van der Waals surface area contributed by atoms with Crippen LogP contribution in [0.4, 0.5) is 15.3 Å². The summed E-state index contributed by atoms with van der Waals surface area (Å²) >= 11 is 0. The zero-order valence-electron chi connectivity index (χ0n) is 22.3. The summed E-state index contributed by atoms with van der Waals surface area (Å²) in [4.78, 5) is 39.4. The number of nitrogens with one attached hydrogen (secondary N) is 1. The van der Waals surface area contributed by atoms with Crippen LogP contribution in [-0.4, -0.2) is 48.1 Å². The van der Waals surface area contributed by atoms with Gasteiger partial charge in [0.15, 0.2) is 0 Å². The van der Waals surface area contributed by atoms with E-state index in [2.05, 4.69) is 5.32 Å². The van der Waals surface area contributed by atoms with E-state index < -0.39 is 29.8 Å². The minimum absolute atomic E-state index is 0.0119. The summed E-state index contributed by atoms with van der Waals surface area (Å²) in [5.41, 5.74) is 5.92. The number of rotatable bonds is 6. The van der Waals surface area contributed by atoms with Crippen LogP contribution in [0.2, 0.25) is 0 Å². The number of carbonyl (C=O) groups is 3. The highest BCUT2D eigenvalue weighted by atomic mass is 16.6. The van der Waals surface area contributed by atoms with Crippen molar-refractivity contribution in [1.29, 1.82) is 0 Å². The van der Waals surface area contributed by atoms with Gasteiger partial charge in [-0.2, -0.15) is 0 Å². The summed E-state index contributed by atoms with van der Waals surface area (Å²) in [5, 5.41) is 12.4. The molecule has 8 nitrogen and oxygen atoms in total. The van der Waals surface area contributed by atoms with Crippen LogP contribution in [0.5, 0.6) is 0 Å². The average Bonchev–Trinajstić information content (AvgIpc) is 3.46. The lowest BCUT2D eigenvalue weighted by molar-refractivity contribution is -0.139. The fourth-order valence-corrected chi connectivity index (χ4v) is 5.40. The number of alkyl carbamates (subject to hydrolysis) is 1. The molecule has 2 aliphatic rings. The second-order valence-electron chi connectivity index (χ2n) is 10.9. The molecule has 39 heavy (non-hydrogen) atoms. The zero-order valence-corrected chi connectivity index (χ0v) is 22.3. The van der Waals surface area contributed by atoms with Gasteiger partial charge in [0, 0.05) is 18.9 Å². The SMILES string of the molecule is CC(C)(C)OC(=O)N1CCc2cccc(CC(NC(=O)OCC3c4ccccc4-c4ccccc43)C(=O)O)c21. The third kappa shape index (κ3) is 5.46. The molecule has 0 spiro atoms. The molecule has 1 unspecified atom stereocenters. The van der Waals surface area contributed by atoms with Crippen LogP contribution >= 0.6 is 0 Å². The Kier molecular flexibility index (Phi) is 7.04. The van der Waals surface area contributed by atoms with Gasteiger partial charge in [-0.05, 0) is 60.6 Å². The van der Waals surface area contributed by atoms with Crippen molar-refractivity contribution in [3.63, 3.8) is 0 Å². The van der Waals surface area contributed by atoms with E-state index in [9.17, 15) is 19.5 Å². The standard InChI is InChI=1S/C31H32N2O6/c1-31(2,3)39-30(37)33-16-15-19-9-8-10-20(27(19)33)17-26(28(34)35)32-29(36)38-18-25-23-13-6-4-11-21(23)22-12-5-7-14-24(22)25/h4-14,25-26H,15-18H2,1-3H3,(H,32,36)(H,34,35).